The number of carbonyl (C=O) groups excluding carboxylic acids is 2. The first-order valence-electron chi connectivity index (χ1n) is 10.7. The molecule has 4 rings (SSSR count). The number of carbonyl (C=O) groups is 3. The van der Waals surface area contributed by atoms with Crippen LogP contribution in [0.2, 0.25) is 0 Å². The molecule has 0 bridgehead atoms. The molecule has 3 aliphatic heterocycles. The van der Waals surface area contributed by atoms with Crippen molar-refractivity contribution in [2.45, 2.75) is 43.0 Å². The third kappa shape index (κ3) is 4.68. The summed E-state index contributed by atoms with van der Waals surface area (Å²) in [6.45, 7) is 4.05. The van der Waals surface area contributed by atoms with Crippen LogP contribution in [-0.2, 0) is 20.9 Å². The first-order valence-corrected chi connectivity index (χ1v) is 12.5. The maximum Gasteiger partial charge on any atom is 0.354 e. The van der Waals surface area contributed by atoms with E-state index in [9.17, 15) is 24.6 Å². The molecule has 4 atom stereocenters. The van der Waals surface area contributed by atoms with Crippen molar-refractivity contribution >= 4 is 41.3 Å². The van der Waals surface area contributed by atoms with Crippen LogP contribution < -0.4 is 5.32 Å². The molecule has 172 valence electrons. The molecule has 1 unspecified atom stereocenters. The maximum atomic E-state index is 12.5. The minimum absolute atomic E-state index is 0.0357. The van der Waals surface area contributed by atoms with Crippen molar-refractivity contribution < 1.29 is 24.6 Å². The second kappa shape index (κ2) is 9.86. The molecule has 0 spiro atoms. The molecular weight excluding hydrogens is 450 g/mol. The molecule has 0 saturated carbocycles. The van der Waals surface area contributed by atoms with Gasteiger partial charge >= 0.3 is 5.97 Å². The average molecular weight is 478 g/mol. The molecule has 0 aromatic heterocycles. The number of carboxylic acids is 1. The molecule has 10 heteroatoms. The van der Waals surface area contributed by atoms with E-state index in [2.05, 4.69) is 10.2 Å². The summed E-state index contributed by atoms with van der Waals surface area (Å²) in [5, 5.41) is 22.6. The quantitative estimate of drug-likeness (QED) is 0.461. The number of amides is 2. The molecule has 0 radical (unpaired) electrons. The molecule has 2 amide bonds. The summed E-state index contributed by atoms with van der Waals surface area (Å²) in [5.41, 5.74) is 1.08. The topological polar surface area (TPSA) is 110 Å². The summed E-state index contributed by atoms with van der Waals surface area (Å²) in [5.74, 6) is -2.01. The van der Waals surface area contributed by atoms with Crippen molar-refractivity contribution in [2.24, 2.45) is 5.92 Å². The SMILES string of the molecule is CC[C@H](O)[C@@H]1C(=O)N2C(C(=O)O)=C(SC3CCN(CC(=O)NCc4ccccc4)C3)S[C@H]12. The van der Waals surface area contributed by atoms with Gasteiger partial charge in [0.2, 0.25) is 11.8 Å². The van der Waals surface area contributed by atoms with E-state index in [1.807, 2.05) is 37.3 Å². The van der Waals surface area contributed by atoms with Crippen LogP contribution in [0, 0.1) is 5.92 Å². The summed E-state index contributed by atoms with van der Waals surface area (Å²) in [6, 6.07) is 9.74. The zero-order valence-corrected chi connectivity index (χ0v) is 19.4. The minimum Gasteiger partial charge on any atom is -0.477 e. The molecule has 3 N–H and O–H groups in total. The number of hydrogen-bond donors (Lipinski definition) is 3. The number of nitrogens with zero attached hydrogens (tertiary/aromatic N) is 2. The zero-order valence-electron chi connectivity index (χ0n) is 17.8. The van der Waals surface area contributed by atoms with Gasteiger partial charge in [-0.05, 0) is 24.9 Å². The Morgan fingerprint density at radius 1 is 1.31 bits per heavy atom. The van der Waals surface area contributed by atoms with E-state index in [-0.39, 0.29) is 28.1 Å². The fourth-order valence-electron chi connectivity index (χ4n) is 4.24. The third-order valence-electron chi connectivity index (χ3n) is 5.98. The van der Waals surface area contributed by atoms with E-state index < -0.39 is 18.0 Å². The van der Waals surface area contributed by atoms with Gasteiger partial charge in [0.1, 0.15) is 5.37 Å². The van der Waals surface area contributed by atoms with Crippen LogP contribution in [0.25, 0.3) is 0 Å². The molecule has 8 nitrogen and oxygen atoms in total. The molecule has 2 fully saturated rings. The molecule has 2 saturated heterocycles. The first-order chi connectivity index (χ1) is 15.4. The highest BCUT2D eigenvalue weighted by molar-refractivity contribution is 8.23. The average Bonchev–Trinajstić information content (AvgIpc) is 3.35. The van der Waals surface area contributed by atoms with E-state index in [4.69, 9.17) is 0 Å². The van der Waals surface area contributed by atoms with E-state index in [0.717, 1.165) is 18.5 Å². The summed E-state index contributed by atoms with van der Waals surface area (Å²) < 4.78 is 0.627. The molecule has 0 aliphatic carbocycles. The van der Waals surface area contributed by atoms with Crippen LogP contribution >= 0.6 is 23.5 Å². The lowest BCUT2D eigenvalue weighted by Gasteiger charge is -2.44. The Morgan fingerprint density at radius 3 is 2.75 bits per heavy atom. The Kier molecular flexibility index (Phi) is 7.14. The second-order valence-electron chi connectivity index (χ2n) is 8.19. The van der Waals surface area contributed by atoms with Crippen molar-refractivity contribution in [2.75, 3.05) is 19.6 Å². The van der Waals surface area contributed by atoms with E-state index in [1.54, 1.807) is 0 Å². The predicted octanol–water partition coefficient (Wildman–Crippen LogP) is 1.67. The fraction of sp³-hybridized carbons (Fsp3) is 0.500. The van der Waals surface area contributed by atoms with Gasteiger partial charge in [0.05, 0.1) is 22.8 Å². The zero-order chi connectivity index (χ0) is 22.8. The fourth-order valence-corrected chi connectivity index (χ4v) is 7.55. The number of nitrogens with one attached hydrogen (secondary N) is 1. The number of carboxylic acid groups (broad SMARTS) is 1. The van der Waals surface area contributed by atoms with Crippen LogP contribution in [0.1, 0.15) is 25.3 Å². The lowest BCUT2D eigenvalue weighted by molar-refractivity contribution is -0.157. The van der Waals surface area contributed by atoms with Crippen molar-refractivity contribution in [3.8, 4) is 0 Å². The standard InChI is InChI=1S/C22H27N3O5S2/c1-2-15(26)17-19(28)25-18(21(29)30)22(32-20(17)25)31-14-8-9-24(11-14)12-16(27)23-10-13-6-4-3-5-7-13/h3-7,14-15,17,20,26H,2,8-12H2,1H3,(H,23,27)(H,29,30)/t14?,15-,17+,20+/m0/s1. The van der Waals surface area contributed by atoms with Crippen LogP contribution in [0.15, 0.2) is 40.3 Å². The van der Waals surface area contributed by atoms with Crippen LogP contribution in [-0.4, -0.2) is 74.2 Å². The van der Waals surface area contributed by atoms with Gasteiger partial charge in [-0.15, -0.1) is 11.8 Å². The highest BCUT2D eigenvalue weighted by Gasteiger charge is 2.58. The highest BCUT2D eigenvalue weighted by atomic mass is 32.2. The first kappa shape index (κ1) is 23.2. The van der Waals surface area contributed by atoms with E-state index in [0.29, 0.717) is 30.3 Å². The van der Waals surface area contributed by atoms with Gasteiger partial charge < -0.3 is 15.5 Å². The lowest BCUT2D eigenvalue weighted by atomic mass is 9.90. The van der Waals surface area contributed by atoms with Crippen molar-refractivity contribution in [3.05, 3.63) is 45.8 Å². The summed E-state index contributed by atoms with van der Waals surface area (Å²) in [7, 11) is 0. The van der Waals surface area contributed by atoms with Crippen molar-refractivity contribution in [3.63, 3.8) is 0 Å². The smallest absolute Gasteiger partial charge is 0.354 e. The summed E-state index contributed by atoms with van der Waals surface area (Å²) >= 11 is 2.85. The lowest BCUT2D eigenvalue weighted by Crippen LogP contribution is -2.61. The third-order valence-corrected chi connectivity index (χ3v) is 8.84. The number of β-lactam (4-membered cyclic amide) rings is 1. The number of aliphatic carboxylic acids is 1. The maximum absolute atomic E-state index is 12.5. The van der Waals surface area contributed by atoms with Crippen LogP contribution in [0.3, 0.4) is 0 Å². The normalized spacial score (nSPS) is 26.1. The Morgan fingerprint density at radius 2 is 2.06 bits per heavy atom. The Bertz CT molecular complexity index is 925. The van der Waals surface area contributed by atoms with Gasteiger partial charge in [0.25, 0.3) is 0 Å². The van der Waals surface area contributed by atoms with Gasteiger partial charge in [-0.1, -0.05) is 49.0 Å². The monoisotopic (exact) mass is 477 g/mol. The van der Waals surface area contributed by atoms with Crippen LogP contribution in [0.4, 0.5) is 0 Å². The van der Waals surface area contributed by atoms with Gasteiger partial charge in [0.15, 0.2) is 5.70 Å². The summed E-state index contributed by atoms with van der Waals surface area (Å²) in [6.07, 6.45) is 0.538. The van der Waals surface area contributed by atoms with Crippen molar-refractivity contribution in [1.82, 2.24) is 15.1 Å². The number of aliphatic hydroxyl groups excluding tert-OH is 1. The van der Waals surface area contributed by atoms with Gasteiger partial charge in [0, 0.05) is 18.3 Å². The molecule has 32 heavy (non-hydrogen) atoms. The molecule has 3 aliphatic rings. The number of thioether (sulfide) groups is 2. The molecule has 3 heterocycles. The minimum atomic E-state index is -1.12. The Hall–Kier alpha value is -2.01. The van der Waals surface area contributed by atoms with E-state index in [1.165, 1.54) is 28.4 Å². The number of fused-ring (bicyclic) bond motifs is 1. The molecule has 1 aromatic carbocycles. The van der Waals surface area contributed by atoms with Gasteiger partial charge in [-0.2, -0.15) is 0 Å². The Labute approximate surface area is 195 Å². The number of hydrogen-bond acceptors (Lipinski definition) is 7. The highest BCUT2D eigenvalue weighted by Crippen LogP contribution is 2.55. The number of benzene rings is 1. The largest absolute Gasteiger partial charge is 0.477 e. The Balaban J connectivity index is 1.31. The van der Waals surface area contributed by atoms with Gasteiger partial charge in [-0.3, -0.25) is 19.4 Å². The predicted molar refractivity (Wildman–Crippen MR) is 123 cm³/mol. The second-order valence-corrected chi connectivity index (χ2v) is 10.9. The molecule has 1 aromatic rings. The van der Waals surface area contributed by atoms with Gasteiger partial charge in [-0.25, -0.2) is 4.79 Å². The summed E-state index contributed by atoms with van der Waals surface area (Å²) in [4.78, 5) is 40.0. The number of aliphatic hydroxyl groups is 1. The number of likely N-dealkylation sites (tertiary alicyclic amines) is 1. The van der Waals surface area contributed by atoms with E-state index >= 15 is 0 Å². The van der Waals surface area contributed by atoms with Crippen molar-refractivity contribution in [1.29, 1.82) is 0 Å². The molecular formula is C22H27N3O5S2. The number of rotatable bonds is 9. The van der Waals surface area contributed by atoms with Crippen LogP contribution in [0.5, 0.6) is 0 Å².